The highest BCUT2D eigenvalue weighted by Gasteiger charge is 2.40. The smallest absolute Gasteiger partial charge is 0.354 e. The zero-order chi connectivity index (χ0) is 40.9. The monoisotopic (exact) mass is 813 g/mol. The summed E-state index contributed by atoms with van der Waals surface area (Å²) in [7, 11) is 3.52. The van der Waals surface area contributed by atoms with Gasteiger partial charge in [0.2, 0.25) is 0 Å². The highest BCUT2D eigenvalue weighted by molar-refractivity contribution is 6.35. The van der Waals surface area contributed by atoms with Crippen LogP contribution in [0.4, 0.5) is 5.69 Å². The minimum Gasteiger partial charge on any atom is -0.494 e. The van der Waals surface area contributed by atoms with Gasteiger partial charge in [-0.3, -0.25) is 9.48 Å². The second-order valence-corrected chi connectivity index (χ2v) is 15.8. The zero-order valence-corrected chi connectivity index (χ0v) is 35.3. The Morgan fingerprint density at radius 1 is 0.947 bits per heavy atom. The largest absolute Gasteiger partial charge is 0.494 e. The maximum Gasteiger partial charge on any atom is 0.354 e. The predicted octanol–water partition coefficient (Wildman–Crippen LogP) is 9.44. The molecular weight excluding hydrogens is 765 g/mol. The van der Waals surface area contributed by atoms with Gasteiger partial charge in [0.15, 0.2) is 5.69 Å². The number of benzene rings is 3. The van der Waals surface area contributed by atoms with E-state index in [1.165, 1.54) is 0 Å². The number of halogens is 2. The number of amides is 1. The molecule has 11 nitrogen and oxygen atoms in total. The SMILES string of the molecule is COCCOCCn1c(C(=O)O)c(N2C[C@@H](C)n3c(c(CCCOc4cc(C)c(Cl)c(C)c4)c4ccc(Cl)c(-c5c(C)nn(C)c5C)c43)C2=O)c2cc(C)ccc21. The maximum atomic E-state index is 15.4. The number of hydrogen-bond acceptors (Lipinski definition) is 6. The summed E-state index contributed by atoms with van der Waals surface area (Å²) in [6, 6.07) is 13.4. The van der Waals surface area contributed by atoms with Gasteiger partial charge in [0.25, 0.3) is 5.91 Å². The van der Waals surface area contributed by atoms with Crippen molar-refractivity contribution in [3.63, 3.8) is 0 Å². The molecule has 4 heterocycles. The minimum atomic E-state index is -1.12. The number of ether oxygens (including phenoxy) is 3. The third-order valence-electron chi connectivity index (χ3n) is 11.1. The van der Waals surface area contributed by atoms with Crippen LogP contribution in [0, 0.1) is 34.6 Å². The fraction of sp³-hybridized carbons (Fsp3) is 0.386. The number of anilines is 1. The van der Waals surface area contributed by atoms with E-state index >= 15 is 4.79 Å². The summed E-state index contributed by atoms with van der Waals surface area (Å²) in [5.41, 5.74) is 9.77. The molecule has 6 aromatic rings. The number of carboxylic acids is 1. The summed E-state index contributed by atoms with van der Waals surface area (Å²) in [4.78, 5) is 30.4. The quantitative estimate of drug-likeness (QED) is 0.109. The van der Waals surface area contributed by atoms with Crippen LogP contribution in [0.15, 0.2) is 42.5 Å². The Bertz CT molecular complexity index is 2530. The highest BCUT2D eigenvalue weighted by Crippen LogP contribution is 2.46. The molecule has 7 rings (SSSR count). The third kappa shape index (κ3) is 7.20. The van der Waals surface area contributed by atoms with Crippen LogP contribution >= 0.6 is 23.2 Å². The van der Waals surface area contributed by atoms with Gasteiger partial charge in [-0.25, -0.2) is 4.79 Å². The van der Waals surface area contributed by atoms with Gasteiger partial charge in [-0.15, -0.1) is 0 Å². The van der Waals surface area contributed by atoms with Crippen molar-refractivity contribution in [2.24, 2.45) is 7.05 Å². The average molecular weight is 815 g/mol. The van der Waals surface area contributed by atoms with E-state index in [1.807, 2.05) is 88.8 Å². The molecule has 1 amide bonds. The fourth-order valence-electron chi connectivity index (χ4n) is 8.50. The topological polar surface area (TPSA) is 113 Å². The molecule has 3 aromatic carbocycles. The standard InChI is InChI=1S/C44H49Cl2N5O6/c1-24-11-14-35-33(20-24)40(42(44(53)54)49(35)15-17-56-19-18-55-8)50-23-27(4)51-39-32(12-13-34(45)37(39)36-28(5)47-48(7)29(36)6)31(41(51)43(50)52)10-9-16-57-30-21-25(2)38(46)26(3)22-30/h11-14,20-22,27H,9-10,15-19,23H2,1-8H3,(H,53,54)/t27-/m1/s1. The van der Waals surface area contributed by atoms with Crippen molar-refractivity contribution in [2.45, 2.75) is 67.0 Å². The first-order valence-electron chi connectivity index (χ1n) is 19.2. The highest BCUT2D eigenvalue weighted by atomic mass is 35.5. The molecule has 0 saturated carbocycles. The normalized spacial score (nSPS) is 14.3. The Kier molecular flexibility index (Phi) is 11.5. The van der Waals surface area contributed by atoms with Gasteiger partial charge in [0.1, 0.15) is 11.4 Å². The van der Waals surface area contributed by atoms with Gasteiger partial charge in [-0.05, 0) is 101 Å². The second kappa shape index (κ2) is 16.2. The van der Waals surface area contributed by atoms with Gasteiger partial charge in [-0.2, -0.15) is 5.10 Å². The van der Waals surface area contributed by atoms with Crippen LogP contribution in [-0.4, -0.2) is 76.0 Å². The van der Waals surface area contributed by atoms with E-state index < -0.39 is 5.97 Å². The molecular formula is C44H49Cl2N5O6. The summed E-state index contributed by atoms with van der Waals surface area (Å²) < 4.78 is 22.9. The molecule has 1 aliphatic rings. The van der Waals surface area contributed by atoms with Gasteiger partial charge in [0, 0.05) is 65.9 Å². The molecule has 0 radical (unpaired) electrons. The first-order chi connectivity index (χ1) is 27.2. The van der Waals surface area contributed by atoms with Crippen LogP contribution in [0.1, 0.15) is 74.0 Å². The van der Waals surface area contributed by atoms with Crippen LogP contribution in [0.5, 0.6) is 5.75 Å². The Hall–Kier alpha value is -4.81. The Morgan fingerprint density at radius 3 is 2.35 bits per heavy atom. The molecule has 0 bridgehead atoms. The van der Waals surface area contributed by atoms with Crippen LogP contribution in [0.25, 0.3) is 32.9 Å². The molecule has 0 aliphatic carbocycles. The lowest BCUT2D eigenvalue weighted by Gasteiger charge is -2.34. The number of carboxylic acid groups (broad SMARTS) is 1. The van der Waals surface area contributed by atoms with Gasteiger partial charge < -0.3 is 33.4 Å². The number of carbonyl (C=O) groups is 2. The molecule has 57 heavy (non-hydrogen) atoms. The Balaban J connectivity index is 1.38. The molecule has 0 fully saturated rings. The second-order valence-electron chi connectivity index (χ2n) is 15.1. The lowest BCUT2D eigenvalue weighted by Crippen LogP contribution is -2.43. The first kappa shape index (κ1) is 40.4. The summed E-state index contributed by atoms with van der Waals surface area (Å²) >= 11 is 13.6. The average Bonchev–Trinajstić information content (AvgIpc) is 3.76. The number of carbonyl (C=O) groups excluding carboxylic acids is 1. The first-order valence-corrected chi connectivity index (χ1v) is 20.0. The summed E-state index contributed by atoms with van der Waals surface area (Å²) in [5, 5.41) is 18.5. The number of hydrogen-bond donors (Lipinski definition) is 1. The maximum absolute atomic E-state index is 15.4. The summed E-state index contributed by atoms with van der Waals surface area (Å²) in [6.07, 6.45) is 1.13. The Labute approximate surface area is 342 Å². The summed E-state index contributed by atoms with van der Waals surface area (Å²) in [6.45, 7) is 14.0. The molecule has 1 aliphatic heterocycles. The molecule has 0 saturated heterocycles. The van der Waals surface area contributed by atoms with Crippen LogP contribution in [0.3, 0.4) is 0 Å². The predicted molar refractivity (Wildman–Crippen MR) is 226 cm³/mol. The van der Waals surface area contributed by atoms with Crippen molar-refractivity contribution in [1.82, 2.24) is 18.9 Å². The van der Waals surface area contributed by atoms with E-state index in [1.54, 1.807) is 16.6 Å². The van der Waals surface area contributed by atoms with Crippen molar-refractivity contribution in [3.8, 4) is 16.9 Å². The van der Waals surface area contributed by atoms with Gasteiger partial charge in [0.05, 0.1) is 53.9 Å². The molecule has 3 aromatic heterocycles. The van der Waals surface area contributed by atoms with E-state index in [0.29, 0.717) is 54.5 Å². The van der Waals surface area contributed by atoms with Crippen LogP contribution < -0.4 is 9.64 Å². The molecule has 0 unspecified atom stereocenters. The molecule has 300 valence electrons. The molecule has 13 heteroatoms. The fourth-order valence-corrected chi connectivity index (χ4v) is 8.85. The van der Waals surface area contributed by atoms with Crippen molar-refractivity contribution in [3.05, 3.63) is 97.5 Å². The number of methoxy groups -OCH3 is 1. The van der Waals surface area contributed by atoms with Crippen molar-refractivity contribution >= 4 is 62.6 Å². The number of rotatable bonds is 14. The van der Waals surface area contributed by atoms with E-state index in [4.69, 9.17) is 42.5 Å². The van der Waals surface area contributed by atoms with Gasteiger partial charge in [-0.1, -0.05) is 40.9 Å². The third-order valence-corrected chi connectivity index (χ3v) is 12.0. The minimum absolute atomic E-state index is 0.0462. The number of fused-ring (bicyclic) bond motifs is 4. The Morgan fingerprint density at radius 2 is 1.68 bits per heavy atom. The number of aromatic nitrogens is 4. The van der Waals surface area contributed by atoms with E-state index in [0.717, 1.165) is 72.0 Å². The van der Waals surface area contributed by atoms with Crippen LogP contribution in [-0.2, 0) is 29.5 Å². The van der Waals surface area contributed by atoms with E-state index in [-0.39, 0.29) is 37.3 Å². The van der Waals surface area contributed by atoms with Gasteiger partial charge >= 0.3 is 5.97 Å². The van der Waals surface area contributed by atoms with Crippen molar-refractivity contribution in [1.29, 1.82) is 0 Å². The van der Waals surface area contributed by atoms with E-state index in [9.17, 15) is 9.90 Å². The molecule has 1 atom stereocenters. The number of aryl methyl sites for hydroxylation is 6. The lowest BCUT2D eigenvalue weighted by molar-refractivity contribution is 0.0633. The number of aromatic carboxylic acids is 1. The zero-order valence-electron chi connectivity index (χ0n) is 33.8. The molecule has 0 spiro atoms. The van der Waals surface area contributed by atoms with Crippen molar-refractivity contribution < 1.29 is 28.9 Å². The van der Waals surface area contributed by atoms with Crippen molar-refractivity contribution in [2.75, 3.05) is 45.0 Å². The summed E-state index contributed by atoms with van der Waals surface area (Å²) in [5.74, 6) is -0.656. The lowest BCUT2D eigenvalue weighted by atomic mass is 9.98. The number of nitrogens with zero attached hydrogens (tertiary/aromatic N) is 5. The van der Waals surface area contributed by atoms with E-state index in [2.05, 4.69) is 11.5 Å². The van der Waals surface area contributed by atoms with Crippen LogP contribution in [0.2, 0.25) is 10.0 Å². The molecule has 1 N–H and O–H groups in total.